The molecule has 0 amide bonds. The second-order valence-electron chi connectivity index (χ2n) is 6.73. The quantitative estimate of drug-likeness (QED) is 0.546. The highest BCUT2D eigenvalue weighted by molar-refractivity contribution is 5.84. The Kier molecular flexibility index (Phi) is 3.84. The predicted octanol–water partition coefficient (Wildman–Crippen LogP) is 5.95. The van der Waals surface area contributed by atoms with Crippen LogP contribution in [0.2, 0.25) is 0 Å². The molecule has 122 valence electrons. The van der Waals surface area contributed by atoms with Crippen molar-refractivity contribution in [1.29, 1.82) is 0 Å². The summed E-state index contributed by atoms with van der Waals surface area (Å²) in [5.74, 6) is -0.199. The smallest absolute Gasteiger partial charge is 0.134 e. The summed E-state index contributed by atoms with van der Waals surface area (Å²) < 4.78 is 28.6. The van der Waals surface area contributed by atoms with Crippen LogP contribution in [0.3, 0.4) is 0 Å². The van der Waals surface area contributed by atoms with Gasteiger partial charge in [-0.15, -0.1) is 0 Å². The lowest BCUT2D eigenvalue weighted by molar-refractivity contribution is 0.535. The normalized spacial score (nSPS) is 17.0. The molecule has 2 heteroatoms. The Labute approximate surface area is 141 Å². The first kappa shape index (κ1) is 15.3. The van der Waals surface area contributed by atoms with E-state index < -0.39 is 0 Å². The van der Waals surface area contributed by atoms with Crippen LogP contribution in [0.4, 0.5) is 8.78 Å². The molecule has 0 heterocycles. The van der Waals surface area contributed by atoms with Crippen molar-refractivity contribution in [2.45, 2.75) is 38.5 Å². The van der Waals surface area contributed by atoms with Gasteiger partial charge in [-0.05, 0) is 71.4 Å². The maximum Gasteiger partial charge on any atom is 0.134 e. The summed E-state index contributed by atoms with van der Waals surface area (Å²) in [4.78, 5) is 0. The van der Waals surface area contributed by atoms with Crippen molar-refractivity contribution in [2.75, 3.05) is 0 Å². The Morgan fingerprint density at radius 1 is 0.958 bits per heavy atom. The summed E-state index contributed by atoms with van der Waals surface area (Å²) in [6, 6.07) is 14.9. The topological polar surface area (TPSA) is 0 Å². The van der Waals surface area contributed by atoms with Crippen LogP contribution in [-0.4, -0.2) is 0 Å². The van der Waals surface area contributed by atoms with Crippen molar-refractivity contribution in [3.8, 4) is 0 Å². The van der Waals surface area contributed by atoms with E-state index in [0.29, 0.717) is 11.8 Å². The van der Waals surface area contributed by atoms with Gasteiger partial charge in [0.05, 0.1) is 0 Å². The van der Waals surface area contributed by atoms with Crippen molar-refractivity contribution in [1.82, 2.24) is 0 Å². The largest absolute Gasteiger partial charge is 0.207 e. The molecule has 0 saturated heterocycles. The van der Waals surface area contributed by atoms with Gasteiger partial charge in [-0.25, -0.2) is 8.78 Å². The summed E-state index contributed by atoms with van der Waals surface area (Å²) in [6.45, 7) is 2.10. The first-order chi connectivity index (χ1) is 11.7. The van der Waals surface area contributed by atoms with E-state index in [0.717, 1.165) is 35.8 Å². The molecular weight excluding hydrogens is 302 g/mol. The first-order valence-corrected chi connectivity index (χ1v) is 8.64. The van der Waals surface area contributed by atoms with Crippen LogP contribution in [0, 0.1) is 11.6 Å². The van der Waals surface area contributed by atoms with E-state index in [-0.39, 0.29) is 17.6 Å². The lowest BCUT2D eigenvalue weighted by Gasteiger charge is -2.25. The van der Waals surface area contributed by atoms with Crippen LogP contribution in [0.25, 0.3) is 10.8 Å². The molecule has 0 saturated carbocycles. The molecule has 1 atom stereocenters. The summed E-state index contributed by atoms with van der Waals surface area (Å²) >= 11 is 0. The third-order valence-corrected chi connectivity index (χ3v) is 5.29. The molecule has 0 aliphatic heterocycles. The molecule has 0 nitrogen and oxygen atoms in total. The molecule has 3 aromatic rings. The highest BCUT2D eigenvalue weighted by Gasteiger charge is 2.23. The minimum absolute atomic E-state index is 0.111. The Hall–Kier alpha value is -2.22. The third kappa shape index (κ3) is 2.60. The van der Waals surface area contributed by atoms with E-state index in [2.05, 4.69) is 13.0 Å². The minimum atomic E-state index is -0.208. The molecule has 24 heavy (non-hydrogen) atoms. The lowest BCUT2D eigenvalue weighted by Crippen LogP contribution is -2.14. The van der Waals surface area contributed by atoms with Crippen molar-refractivity contribution in [3.63, 3.8) is 0 Å². The molecule has 0 fully saturated rings. The highest BCUT2D eigenvalue weighted by atomic mass is 19.1. The van der Waals surface area contributed by atoms with Crippen LogP contribution in [0.5, 0.6) is 0 Å². The average molecular weight is 322 g/mol. The Balaban J connectivity index is 1.73. The van der Waals surface area contributed by atoms with Crippen LogP contribution in [0.15, 0.2) is 48.5 Å². The highest BCUT2D eigenvalue weighted by Crippen LogP contribution is 2.36. The molecular formula is C22H20F2. The van der Waals surface area contributed by atoms with Gasteiger partial charge in [0, 0.05) is 5.39 Å². The number of aryl methyl sites for hydroxylation is 2. The van der Waals surface area contributed by atoms with E-state index in [4.69, 9.17) is 0 Å². The summed E-state index contributed by atoms with van der Waals surface area (Å²) in [5, 5.41) is 1.65. The molecule has 0 spiro atoms. The van der Waals surface area contributed by atoms with E-state index in [1.165, 1.54) is 17.2 Å². The molecule has 1 unspecified atom stereocenters. The van der Waals surface area contributed by atoms with E-state index in [1.807, 2.05) is 30.3 Å². The molecule has 4 rings (SSSR count). The number of fused-ring (bicyclic) bond motifs is 2. The van der Waals surface area contributed by atoms with E-state index in [1.54, 1.807) is 6.07 Å². The summed E-state index contributed by atoms with van der Waals surface area (Å²) in [6.07, 6.45) is 3.45. The fourth-order valence-electron chi connectivity index (χ4n) is 3.88. The molecule has 3 aromatic carbocycles. The zero-order valence-electron chi connectivity index (χ0n) is 13.8. The minimum Gasteiger partial charge on any atom is -0.207 e. The average Bonchev–Trinajstić information content (AvgIpc) is 2.61. The summed E-state index contributed by atoms with van der Waals surface area (Å²) in [7, 11) is 0. The summed E-state index contributed by atoms with van der Waals surface area (Å²) in [5.41, 5.74) is 4.20. The maximum absolute atomic E-state index is 15.1. The second-order valence-corrected chi connectivity index (χ2v) is 6.73. The van der Waals surface area contributed by atoms with Crippen LogP contribution in [-0.2, 0) is 19.3 Å². The fourth-order valence-corrected chi connectivity index (χ4v) is 3.88. The zero-order chi connectivity index (χ0) is 16.7. The molecule has 1 aliphatic rings. The van der Waals surface area contributed by atoms with Crippen molar-refractivity contribution in [2.24, 2.45) is 0 Å². The van der Waals surface area contributed by atoms with Gasteiger partial charge < -0.3 is 0 Å². The number of hydrogen-bond donors (Lipinski definition) is 0. The Bertz CT molecular complexity index is 911. The van der Waals surface area contributed by atoms with Gasteiger partial charge in [-0.1, -0.05) is 43.3 Å². The van der Waals surface area contributed by atoms with Gasteiger partial charge in [0.2, 0.25) is 0 Å². The van der Waals surface area contributed by atoms with Gasteiger partial charge in [0.15, 0.2) is 0 Å². The van der Waals surface area contributed by atoms with Gasteiger partial charge in [0.25, 0.3) is 0 Å². The zero-order valence-corrected chi connectivity index (χ0v) is 13.8. The standard InChI is InChI=1S/C22H20F2/c1-2-14-3-9-20-16(11-14)7-10-21(22(20)24)17-5-4-15-6-8-19(23)13-18(15)12-17/h3,6-11,13,17H,2,4-5,12H2,1H3. The van der Waals surface area contributed by atoms with Crippen LogP contribution < -0.4 is 0 Å². The predicted molar refractivity (Wildman–Crippen MR) is 94.5 cm³/mol. The first-order valence-electron chi connectivity index (χ1n) is 8.64. The molecule has 0 bridgehead atoms. The monoisotopic (exact) mass is 322 g/mol. The van der Waals surface area contributed by atoms with Crippen molar-refractivity contribution >= 4 is 10.8 Å². The lowest BCUT2D eigenvalue weighted by atomic mass is 9.79. The fraction of sp³-hybridized carbons (Fsp3) is 0.273. The Morgan fingerprint density at radius 2 is 1.83 bits per heavy atom. The number of halogens is 2. The van der Waals surface area contributed by atoms with Crippen molar-refractivity contribution < 1.29 is 8.78 Å². The third-order valence-electron chi connectivity index (χ3n) is 5.29. The molecule has 0 radical (unpaired) electrons. The SMILES string of the molecule is CCc1ccc2c(F)c(C3CCc4ccc(F)cc4C3)ccc2c1. The van der Waals surface area contributed by atoms with Gasteiger partial charge >= 0.3 is 0 Å². The van der Waals surface area contributed by atoms with Gasteiger partial charge in [-0.3, -0.25) is 0 Å². The number of benzene rings is 3. The van der Waals surface area contributed by atoms with Crippen LogP contribution >= 0.6 is 0 Å². The number of rotatable bonds is 2. The number of hydrogen-bond acceptors (Lipinski definition) is 0. The van der Waals surface area contributed by atoms with E-state index >= 15 is 4.39 Å². The maximum atomic E-state index is 15.1. The van der Waals surface area contributed by atoms with E-state index in [9.17, 15) is 4.39 Å². The van der Waals surface area contributed by atoms with Gasteiger partial charge in [0.1, 0.15) is 11.6 Å². The molecule has 0 N–H and O–H groups in total. The van der Waals surface area contributed by atoms with Crippen molar-refractivity contribution in [3.05, 3.63) is 82.4 Å². The Morgan fingerprint density at radius 3 is 2.67 bits per heavy atom. The van der Waals surface area contributed by atoms with Gasteiger partial charge in [-0.2, -0.15) is 0 Å². The molecule has 0 aromatic heterocycles. The molecule has 1 aliphatic carbocycles. The second kappa shape index (κ2) is 6.01. The van der Waals surface area contributed by atoms with Crippen LogP contribution in [0.1, 0.15) is 41.5 Å².